The number of thioether (sulfide) groups is 1. The van der Waals surface area contributed by atoms with Gasteiger partial charge in [-0.3, -0.25) is 9.59 Å². The summed E-state index contributed by atoms with van der Waals surface area (Å²) >= 11 is 1.62. The summed E-state index contributed by atoms with van der Waals surface area (Å²) in [5.41, 5.74) is 0. The van der Waals surface area contributed by atoms with Gasteiger partial charge in [0, 0.05) is 32.4 Å². The molecule has 1 saturated heterocycles. The normalized spacial score (nSPS) is 18.9. The first-order chi connectivity index (χ1) is 8.97. The van der Waals surface area contributed by atoms with Gasteiger partial charge in [-0.05, 0) is 6.26 Å². The maximum Gasteiger partial charge on any atom is 0.320 e. The van der Waals surface area contributed by atoms with Gasteiger partial charge in [0.05, 0.1) is 6.42 Å². The first-order valence-corrected chi connectivity index (χ1v) is 7.37. The molecule has 0 saturated carbocycles. The summed E-state index contributed by atoms with van der Waals surface area (Å²) in [5, 5.41) is 11.4. The fourth-order valence-corrected chi connectivity index (χ4v) is 2.31. The summed E-state index contributed by atoms with van der Waals surface area (Å²) in [4.78, 5) is 37.5. The number of carboxylic acid groups (broad SMARTS) is 1. The van der Waals surface area contributed by atoms with Crippen molar-refractivity contribution >= 4 is 29.7 Å². The molecule has 2 N–H and O–H groups in total. The lowest BCUT2D eigenvalue weighted by atomic mass is 10.1. The van der Waals surface area contributed by atoms with Crippen LogP contribution in [0.3, 0.4) is 0 Å². The lowest BCUT2D eigenvalue weighted by Gasteiger charge is -2.36. The molecule has 108 valence electrons. The summed E-state index contributed by atoms with van der Waals surface area (Å²) < 4.78 is 0. The maximum atomic E-state index is 12.2. The van der Waals surface area contributed by atoms with Crippen LogP contribution in [0.25, 0.3) is 0 Å². The molecule has 8 heteroatoms. The zero-order valence-electron chi connectivity index (χ0n) is 11.1. The molecule has 0 bridgehead atoms. The third kappa shape index (κ3) is 4.30. The van der Waals surface area contributed by atoms with E-state index in [0.717, 1.165) is 5.75 Å². The van der Waals surface area contributed by atoms with Crippen LogP contribution in [0.5, 0.6) is 0 Å². The Balaban J connectivity index is 2.73. The summed E-state index contributed by atoms with van der Waals surface area (Å²) in [7, 11) is 1.66. The molecule has 19 heavy (non-hydrogen) atoms. The second kappa shape index (κ2) is 7.22. The molecule has 1 aliphatic rings. The number of carboxylic acids is 1. The van der Waals surface area contributed by atoms with Crippen molar-refractivity contribution in [2.24, 2.45) is 0 Å². The highest BCUT2D eigenvalue weighted by Gasteiger charge is 2.35. The van der Waals surface area contributed by atoms with Crippen LogP contribution in [-0.4, -0.2) is 77.5 Å². The second-order valence-electron chi connectivity index (χ2n) is 4.30. The standard InChI is InChI=1S/C11H19N3O4S/c1-13(5-6-19-2)11(18)14-4-3-12-10(17)8(14)7-9(15)16/h8H,3-7H2,1-2H3,(H,12,17)(H,15,16). The molecule has 0 spiro atoms. The Bertz CT molecular complexity index is 364. The van der Waals surface area contributed by atoms with Crippen LogP contribution < -0.4 is 5.32 Å². The number of urea groups is 1. The summed E-state index contributed by atoms with van der Waals surface area (Å²) in [6.07, 6.45) is 1.58. The van der Waals surface area contributed by atoms with E-state index < -0.39 is 17.9 Å². The largest absolute Gasteiger partial charge is 0.481 e. The Morgan fingerprint density at radius 1 is 1.58 bits per heavy atom. The number of aliphatic carboxylic acids is 1. The van der Waals surface area contributed by atoms with Gasteiger partial charge in [-0.1, -0.05) is 0 Å². The molecule has 0 radical (unpaired) electrons. The average molecular weight is 289 g/mol. The van der Waals surface area contributed by atoms with Gasteiger partial charge in [0.2, 0.25) is 5.91 Å². The molecule has 7 nitrogen and oxygen atoms in total. The Morgan fingerprint density at radius 2 is 2.26 bits per heavy atom. The van der Waals surface area contributed by atoms with Crippen molar-refractivity contribution < 1.29 is 19.5 Å². The number of amides is 3. The predicted octanol–water partition coefficient (Wildman–Crippen LogP) is -0.324. The Morgan fingerprint density at radius 3 is 2.84 bits per heavy atom. The van der Waals surface area contributed by atoms with Crippen molar-refractivity contribution in [3.05, 3.63) is 0 Å². The predicted molar refractivity (Wildman–Crippen MR) is 72.2 cm³/mol. The fourth-order valence-electron chi connectivity index (χ4n) is 1.86. The quantitative estimate of drug-likeness (QED) is 0.724. The number of nitrogens with zero attached hydrogens (tertiary/aromatic N) is 2. The number of carbonyl (C=O) groups excluding carboxylic acids is 2. The average Bonchev–Trinajstić information content (AvgIpc) is 2.37. The zero-order chi connectivity index (χ0) is 14.4. The molecule has 1 atom stereocenters. The molecule has 0 aromatic rings. The van der Waals surface area contributed by atoms with Crippen molar-refractivity contribution in [3.63, 3.8) is 0 Å². The van der Waals surface area contributed by atoms with E-state index in [0.29, 0.717) is 19.6 Å². The molecule has 1 unspecified atom stereocenters. The van der Waals surface area contributed by atoms with Crippen LogP contribution in [0.4, 0.5) is 4.79 Å². The Hall–Kier alpha value is -1.44. The van der Waals surface area contributed by atoms with E-state index in [9.17, 15) is 14.4 Å². The van der Waals surface area contributed by atoms with Crippen LogP contribution >= 0.6 is 11.8 Å². The van der Waals surface area contributed by atoms with E-state index in [1.165, 1.54) is 9.80 Å². The van der Waals surface area contributed by atoms with Gasteiger partial charge in [-0.25, -0.2) is 4.79 Å². The number of rotatable bonds is 5. The van der Waals surface area contributed by atoms with Crippen LogP contribution in [0.2, 0.25) is 0 Å². The van der Waals surface area contributed by atoms with Gasteiger partial charge in [0.25, 0.3) is 0 Å². The van der Waals surface area contributed by atoms with Crippen LogP contribution in [0.1, 0.15) is 6.42 Å². The van der Waals surface area contributed by atoms with Gasteiger partial charge in [-0.15, -0.1) is 0 Å². The number of piperazine rings is 1. The molecular formula is C11H19N3O4S. The summed E-state index contributed by atoms with van der Waals surface area (Å²) in [5.74, 6) is -0.696. The minimum Gasteiger partial charge on any atom is -0.481 e. The molecule has 0 aliphatic carbocycles. The highest BCUT2D eigenvalue weighted by atomic mass is 32.2. The Labute approximate surface area is 116 Å². The number of carbonyl (C=O) groups is 3. The highest BCUT2D eigenvalue weighted by Crippen LogP contribution is 2.12. The topological polar surface area (TPSA) is 90.0 Å². The first-order valence-electron chi connectivity index (χ1n) is 5.97. The molecule has 1 aliphatic heterocycles. The van der Waals surface area contributed by atoms with E-state index in [1.807, 2.05) is 6.26 Å². The van der Waals surface area contributed by atoms with Crippen molar-refractivity contribution in [1.82, 2.24) is 15.1 Å². The first kappa shape index (κ1) is 15.6. The van der Waals surface area contributed by atoms with E-state index in [-0.39, 0.29) is 12.5 Å². The van der Waals surface area contributed by atoms with Crippen molar-refractivity contribution in [2.75, 3.05) is 38.7 Å². The van der Waals surface area contributed by atoms with Gasteiger partial charge in [0.1, 0.15) is 6.04 Å². The van der Waals surface area contributed by atoms with Crippen LogP contribution in [-0.2, 0) is 9.59 Å². The van der Waals surface area contributed by atoms with Gasteiger partial charge in [0.15, 0.2) is 0 Å². The molecule has 0 aromatic heterocycles. The molecule has 0 aromatic carbocycles. The van der Waals surface area contributed by atoms with Crippen molar-refractivity contribution in [1.29, 1.82) is 0 Å². The van der Waals surface area contributed by atoms with E-state index in [1.54, 1.807) is 18.8 Å². The second-order valence-corrected chi connectivity index (χ2v) is 5.28. The van der Waals surface area contributed by atoms with Gasteiger partial charge in [-0.2, -0.15) is 11.8 Å². The monoisotopic (exact) mass is 289 g/mol. The van der Waals surface area contributed by atoms with Crippen LogP contribution in [0.15, 0.2) is 0 Å². The fraction of sp³-hybridized carbons (Fsp3) is 0.727. The van der Waals surface area contributed by atoms with E-state index >= 15 is 0 Å². The van der Waals surface area contributed by atoms with Crippen molar-refractivity contribution in [3.8, 4) is 0 Å². The molecule has 1 rings (SSSR count). The zero-order valence-corrected chi connectivity index (χ0v) is 11.9. The van der Waals surface area contributed by atoms with E-state index in [4.69, 9.17) is 5.11 Å². The van der Waals surface area contributed by atoms with Gasteiger partial charge < -0.3 is 20.2 Å². The molecule has 1 fully saturated rings. The lowest BCUT2D eigenvalue weighted by molar-refractivity contribution is -0.142. The molecule has 1 heterocycles. The lowest BCUT2D eigenvalue weighted by Crippen LogP contribution is -2.60. The third-order valence-corrected chi connectivity index (χ3v) is 3.49. The third-order valence-electron chi connectivity index (χ3n) is 2.90. The van der Waals surface area contributed by atoms with Crippen molar-refractivity contribution in [2.45, 2.75) is 12.5 Å². The smallest absolute Gasteiger partial charge is 0.320 e. The minimum atomic E-state index is -1.09. The number of nitrogens with one attached hydrogen (secondary N) is 1. The minimum absolute atomic E-state index is 0.296. The number of hydrogen-bond donors (Lipinski definition) is 2. The summed E-state index contributed by atoms with van der Waals surface area (Å²) in [6.45, 7) is 1.26. The summed E-state index contributed by atoms with van der Waals surface area (Å²) in [6, 6.07) is -1.22. The number of hydrogen-bond acceptors (Lipinski definition) is 4. The van der Waals surface area contributed by atoms with Gasteiger partial charge >= 0.3 is 12.0 Å². The Kier molecular flexibility index (Phi) is 5.94. The maximum absolute atomic E-state index is 12.2. The SMILES string of the molecule is CSCCN(C)C(=O)N1CCNC(=O)C1CC(=O)O. The molecule has 3 amide bonds. The van der Waals surface area contributed by atoms with E-state index in [2.05, 4.69) is 5.32 Å². The molecular weight excluding hydrogens is 270 g/mol. The highest BCUT2D eigenvalue weighted by molar-refractivity contribution is 7.98. The van der Waals surface area contributed by atoms with Crippen LogP contribution in [0, 0.1) is 0 Å².